The van der Waals surface area contributed by atoms with Crippen molar-refractivity contribution in [2.24, 2.45) is 0 Å². The number of carbonyl (C=O) groups is 1. The van der Waals surface area contributed by atoms with E-state index < -0.39 is 5.97 Å². The van der Waals surface area contributed by atoms with Gasteiger partial charge in [-0.3, -0.25) is 15.0 Å². The molecule has 66 heavy (non-hydrogen) atoms. The molecule has 0 spiro atoms. The van der Waals surface area contributed by atoms with Crippen LogP contribution in [0.15, 0.2) is 122 Å². The van der Waals surface area contributed by atoms with Crippen molar-refractivity contribution in [2.75, 3.05) is 13.7 Å². The zero-order chi connectivity index (χ0) is 46.4. The molecule has 0 radical (unpaired) electrons. The third kappa shape index (κ3) is 8.29. The highest BCUT2D eigenvalue weighted by molar-refractivity contribution is 5.97. The Balaban J connectivity index is 1.01. The van der Waals surface area contributed by atoms with Crippen LogP contribution >= 0.6 is 0 Å². The van der Waals surface area contributed by atoms with Gasteiger partial charge in [0.15, 0.2) is 6.20 Å². The third-order valence-electron chi connectivity index (χ3n) is 11.9. The summed E-state index contributed by atoms with van der Waals surface area (Å²) in [6, 6.07) is 30.7. The molecule has 0 amide bonds. The second kappa shape index (κ2) is 17.5. The van der Waals surface area contributed by atoms with Crippen LogP contribution in [0.25, 0.3) is 71.8 Å². The van der Waals surface area contributed by atoms with Crippen LogP contribution < -0.4 is 14.0 Å². The molecule has 0 fully saturated rings. The average Bonchev–Trinajstić information content (AvgIpc) is 3.31. The largest absolute Gasteiger partial charge is 0.506 e. The molecule has 12 nitrogen and oxygen atoms in total. The van der Waals surface area contributed by atoms with Gasteiger partial charge in [0.1, 0.15) is 22.9 Å². The fraction of sp³-hybridized carbons (Fsp3) is 0.204. The summed E-state index contributed by atoms with van der Waals surface area (Å²) in [6.45, 7) is 12.4. The van der Waals surface area contributed by atoms with E-state index in [2.05, 4.69) is 76.8 Å². The average molecular weight is 878 g/mol. The Morgan fingerprint density at radius 3 is 2.09 bits per heavy atom. The van der Waals surface area contributed by atoms with Crippen LogP contribution in [-0.2, 0) is 0 Å². The minimum Gasteiger partial charge on any atom is -0.506 e. The molecule has 0 saturated heterocycles. The first-order chi connectivity index (χ1) is 31.8. The highest BCUT2D eigenvalue weighted by atomic mass is 16.5. The van der Waals surface area contributed by atoms with Crippen molar-refractivity contribution < 1.29 is 34.2 Å². The second-order valence-corrected chi connectivity index (χ2v) is 17.3. The zero-order valence-corrected chi connectivity index (χ0v) is 37.7. The van der Waals surface area contributed by atoms with Gasteiger partial charge >= 0.3 is 5.97 Å². The highest BCUT2D eigenvalue weighted by Gasteiger charge is 2.23. The van der Waals surface area contributed by atoms with Gasteiger partial charge < -0.3 is 24.8 Å². The van der Waals surface area contributed by atoms with E-state index in [1.54, 1.807) is 37.7 Å². The normalized spacial score (nSPS) is 12.1. The fourth-order valence-corrected chi connectivity index (χ4v) is 8.51. The van der Waals surface area contributed by atoms with E-state index in [-0.39, 0.29) is 41.6 Å². The maximum Gasteiger partial charge on any atom is 0.354 e. The molecule has 9 aromatic rings. The number of benzene rings is 3. The summed E-state index contributed by atoms with van der Waals surface area (Å²) in [5.74, 6) is 0.0805. The molecule has 0 aliphatic rings. The van der Waals surface area contributed by atoms with Crippen molar-refractivity contribution in [3.05, 3.63) is 150 Å². The summed E-state index contributed by atoms with van der Waals surface area (Å²) in [6.07, 6.45) is 7.46. The number of pyridine rings is 6. The SMILES string of the molecule is COc1cc(-[n+]2cc(C)cc3cc(-c4cnc(C(C)C)c(OCC(C)c5ncc(-c6cccc7ccc(C(=O)O)nc67)cc5O)c4)ccc32)c2ccc(-c3cnc(C(C)C)c(O)c3)cc2n1. The lowest BCUT2D eigenvalue weighted by atomic mass is 10.00. The van der Waals surface area contributed by atoms with Crippen LogP contribution in [0.4, 0.5) is 0 Å². The Kier molecular flexibility index (Phi) is 11.5. The summed E-state index contributed by atoms with van der Waals surface area (Å²) in [5, 5.41) is 34.2. The molecular weight excluding hydrogens is 829 g/mol. The lowest BCUT2D eigenvalue weighted by Gasteiger charge is -2.18. The molecule has 6 aromatic heterocycles. The molecule has 3 aromatic carbocycles. The van der Waals surface area contributed by atoms with Crippen LogP contribution in [0.5, 0.6) is 23.1 Å². The summed E-state index contributed by atoms with van der Waals surface area (Å²) >= 11 is 0. The van der Waals surface area contributed by atoms with Gasteiger partial charge in [0.25, 0.3) is 0 Å². The van der Waals surface area contributed by atoms with Crippen LogP contribution in [-0.4, -0.2) is 59.9 Å². The number of fused-ring (bicyclic) bond motifs is 3. The van der Waals surface area contributed by atoms with Gasteiger partial charge in [0.2, 0.25) is 17.1 Å². The number of methoxy groups -OCH3 is 1. The number of hydrogen-bond acceptors (Lipinski definition) is 10. The first kappa shape index (κ1) is 43.3. The molecule has 0 bridgehead atoms. The highest BCUT2D eigenvalue weighted by Crippen LogP contribution is 2.37. The van der Waals surface area contributed by atoms with Crippen LogP contribution in [0, 0.1) is 6.92 Å². The molecule has 0 aliphatic carbocycles. The van der Waals surface area contributed by atoms with Crippen LogP contribution in [0.2, 0.25) is 0 Å². The summed E-state index contributed by atoms with van der Waals surface area (Å²) in [4.78, 5) is 35.0. The van der Waals surface area contributed by atoms with Crippen molar-refractivity contribution in [3.63, 3.8) is 0 Å². The minimum atomic E-state index is -1.11. The standard InChI is InChI=1S/C54H48N6O6/c1-29(2)50-46(61)20-37(24-55-50)35-11-14-41-43(19-35)58-49(65-7)23-45(41)60-27-31(5)17-36-18-34(13-16-44(36)60)38-22-48(51(30(3)4)56-25-38)66-28-32(6)52-47(62)21-39(26-57-52)40-10-8-9-33-12-15-42(54(63)64)59-53(33)40/h8-27,29-30,32H,28H2,1-7H3,(H2-,61,62,63,64)/p+1. The quantitative estimate of drug-likeness (QED) is 0.100. The minimum absolute atomic E-state index is 0.00339. The van der Waals surface area contributed by atoms with Gasteiger partial charge in [0, 0.05) is 69.2 Å². The third-order valence-corrected chi connectivity index (χ3v) is 11.9. The number of aromatic carboxylic acids is 1. The van der Waals surface area contributed by atoms with Crippen LogP contribution in [0.3, 0.4) is 0 Å². The smallest absolute Gasteiger partial charge is 0.354 e. The fourth-order valence-electron chi connectivity index (χ4n) is 8.51. The lowest BCUT2D eigenvalue weighted by molar-refractivity contribution is -0.566. The number of hydrogen-bond donors (Lipinski definition) is 3. The van der Waals surface area contributed by atoms with Gasteiger partial charge in [0.05, 0.1) is 53.3 Å². The van der Waals surface area contributed by atoms with Crippen molar-refractivity contribution in [2.45, 2.75) is 59.3 Å². The van der Waals surface area contributed by atoms with Gasteiger partial charge in [-0.25, -0.2) is 14.8 Å². The number of aromatic hydroxyl groups is 2. The van der Waals surface area contributed by atoms with E-state index in [0.29, 0.717) is 39.7 Å². The van der Waals surface area contributed by atoms with E-state index in [9.17, 15) is 20.1 Å². The van der Waals surface area contributed by atoms with E-state index >= 15 is 0 Å². The van der Waals surface area contributed by atoms with Crippen molar-refractivity contribution in [3.8, 4) is 62.2 Å². The summed E-state index contributed by atoms with van der Waals surface area (Å²) in [5.41, 5.74) is 10.9. The van der Waals surface area contributed by atoms with Crippen molar-refractivity contribution in [1.29, 1.82) is 0 Å². The van der Waals surface area contributed by atoms with Gasteiger partial charge in [-0.15, -0.1) is 0 Å². The summed E-state index contributed by atoms with van der Waals surface area (Å²) in [7, 11) is 1.61. The van der Waals surface area contributed by atoms with Gasteiger partial charge in [-0.2, -0.15) is 4.57 Å². The molecular formula is C54H49N6O6+. The van der Waals surface area contributed by atoms with E-state index in [1.807, 2.05) is 69.4 Å². The number of para-hydroxylation sites is 1. The molecule has 6 heterocycles. The molecule has 9 rings (SSSR count). The molecule has 1 unspecified atom stereocenters. The zero-order valence-electron chi connectivity index (χ0n) is 37.7. The summed E-state index contributed by atoms with van der Waals surface area (Å²) < 4.78 is 14.4. The maximum absolute atomic E-state index is 11.7. The first-order valence-electron chi connectivity index (χ1n) is 21.9. The Morgan fingerprint density at radius 1 is 0.682 bits per heavy atom. The van der Waals surface area contributed by atoms with Crippen molar-refractivity contribution >= 4 is 38.7 Å². The van der Waals surface area contributed by atoms with Gasteiger partial charge in [-0.1, -0.05) is 65.0 Å². The first-order valence-corrected chi connectivity index (χ1v) is 21.9. The number of aryl methyl sites for hydroxylation is 1. The Morgan fingerprint density at radius 2 is 1.36 bits per heavy atom. The van der Waals surface area contributed by atoms with E-state index in [1.165, 1.54) is 6.07 Å². The number of carboxylic acids is 1. The predicted molar refractivity (Wildman–Crippen MR) is 256 cm³/mol. The number of carboxylic acid groups (broad SMARTS) is 1. The number of rotatable bonds is 12. The molecule has 3 N–H and O–H groups in total. The topological polar surface area (TPSA) is 165 Å². The number of aromatic nitrogens is 6. The number of ether oxygens (including phenoxy) is 2. The maximum atomic E-state index is 11.7. The van der Waals surface area contributed by atoms with E-state index in [4.69, 9.17) is 19.4 Å². The molecule has 1 atom stereocenters. The Bertz CT molecular complexity index is 3370. The monoisotopic (exact) mass is 877 g/mol. The molecule has 330 valence electrons. The lowest BCUT2D eigenvalue weighted by Crippen LogP contribution is -2.32. The van der Waals surface area contributed by atoms with Crippen molar-refractivity contribution in [1.82, 2.24) is 24.9 Å². The Hall–Kier alpha value is -7.99. The van der Waals surface area contributed by atoms with Gasteiger partial charge in [-0.05, 0) is 84.5 Å². The van der Waals surface area contributed by atoms with E-state index in [0.717, 1.165) is 66.4 Å². The molecule has 12 heteroatoms. The molecule has 0 saturated carbocycles. The second-order valence-electron chi connectivity index (χ2n) is 17.3. The number of nitrogens with zero attached hydrogens (tertiary/aromatic N) is 6. The predicted octanol–water partition coefficient (Wildman–Crippen LogP) is 11.3. The Labute approximate surface area is 381 Å². The molecule has 0 aliphatic heterocycles. The van der Waals surface area contributed by atoms with Crippen LogP contribution in [0.1, 0.15) is 85.5 Å².